The fraction of sp³-hybridized carbons (Fsp3) is 0.500. The fourth-order valence-corrected chi connectivity index (χ4v) is 2.25. The van der Waals surface area contributed by atoms with Gasteiger partial charge in [-0.1, -0.05) is 31.9 Å². The third-order valence-corrected chi connectivity index (χ3v) is 3.62. The van der Waals surface area contributed by atoms with Gasteiger partial charge in [0.05, 0.1) is 18.7 Å². The molecule has 0 unspecified atom stereocenters. The maximum atomic E-state index is 12.0. The van der Waals surface area contributed by atoms with Crippen LogP contribution < -0.4 is 9.47 Å². The highest BCUT2D eigenvalue weighted by Crippen LogP contribution is 2.36. The zero-order valence-electron chi connectivity index (χ0n) is 14.4. The van der Waals surface area contributed by atoms with Gasteiger partial charge in [0.25, 0.3) is 0 Å². The summed E-state index contributed by atoms with van der Waals surface area (Å²) in [7, 11) is 3.37. The average molecular weight is 340 g/mol. The molecule has 0 bridgehead atoms. The molecule has 0 aliphatic carbocycles. The summed E-state index contributed by atoms with van der Waals surface area (Å²) in [5, 5.41) is 0.476. The number of methoxy groups -OCH3 is 1. The van der Waals surface area contributed by atoms with Crippen LogP contribution in [0.25, 0.3) is 6.08 Å². The van der Waals surface area contributed by atoms with Gasteiger partial charge in [-0.2, -0.15) is 0 Å². The van der Waals surface area contributed by atoms with E-state index in [1.807, 2.05) is 13.0 Å². The van der Waals surface area contributed by atoms with Gasteiger partial charge in [-0.25, -0.2) is 0 Å². The predicted molar refractivity (Wildman–Crippen MR) is 95.4 cm³/mol. The first kappa shape index (κ1) is 19.4. The van der Waals surface area contributed by atoms with E-state index in [0.29, 0.717) is 23.1 Å². The number of halogens is 1. The van der Waals surface area contributed by atoms with Crippen LogP contribution in [0.2, 0.25) is 5.02 Å². The second kappa shape index (κ2) is 10.2. The van der Waals surface area contributed by atoms with Crippen LogP contribution >= 0.6 is 11.6 Å². The molecule has 0 spiro atoms. The van der Waals surface area contributed by atoms with Gasteiger partial charge in [0.15, 0.2) is 11.5 Å². The van der Waals surface area contributed by atoms with Crippen molar-refractivity contribution in [3.05, 3.63) is 28.8 Å². The van der Waals surface area contributed by atoms with E-state index in [4.69, 9.17) is 21.1 Å². The Balaban J connectivity index is 2.86. The Hall–Kier alpha value is -1.68. The summed E-state index contributed by atoms with van der Waals surface area (Å²) in [5.41, 5.74) is 0.799. The molecule has 128 valence electrons. The van der Waals surface area contributed by atoms with Crippen molar-refractivity contribution < 1.29 is 14.3 Å². The van der Waals surface area contributed by atoms with Gasteiger partial charge in [-0.3, -0.25) is 4.79 Å². The molecule has 1 aromatic carbocycles. The quantitative estimate of drug-likeness (QED) is 0.625. The summed E-state index contributed by atoms with van der Waals surface area (Å²) >= 11 is 6.26. The molecular formula is C18H26ClNO3. The van der Waals surface area contributed by atoms with E-state index >= 15 is 0 Å². The van der Waals surface area contributed by atoms with Crippen molar-refractivity contribution in [3.8, 4) is 11.5 Å². The third-order valence-electron chi connectivity index (χ3n) is 3.34. The highest BCUT2D eigenvalue weighted by Gasteiger charge is 2.11. The molecule has 0 aliphatic rings. The topological polar surface area (TPSA) is 38.8 Å². The van der Waals surface area contributed by atoms with Crippen LogP contribution in [0.4, 0.5) is 0 Å². The molecule has 0 aliphatic heterocycles. The standard InChI is InChI=1S/C18H26ClNO3/c1-5-7-10-20(3)17(21)9-8-14-12-15(19)18(23-11-6-2)16(13-14)22-4/h8-9,12-13H,5-7,10-11H2,1-4H3/b9-8+. The van der Waals surface area contributed by atoms with Gasteiger partial charge in [-0.15, -0.1) is 0 Å². The number of ether oxygens (including phenoxy) is 2. The highest BCUT2D eigenvalue weighted by atomic mass is 35.5. The van der Waals surface area contributed by atoms with Crippen LogP contribution in [-0.4, -0.2) is 38.1 Å². The van der Waals surface area contributed by atoms with Crippen molar-refractivity contribution in [2.24, 2.45) is 0 Å². The van der Waals surface area contributed by atoms with Crippen LogP contribution in [0.3, 0.4) is 0 Å². The average Bonchev–Trinajstić information content (AvgIpc) is 2.55. The lowest BCUT2D eigenvalue weighted by Gasteiger charge is -2.14. The predicted octanol–water partition coefficient (Wildman–Crippen LogP) is 4.41. The summed E-state index contributed by atoms with van der Waals surface area (Å²) < 4.78 is 10.9. The van der Waals surface area contributed by atoms with Gasteiger partial charge in [0.2, 0.25) is 5.91 Å². The Kier molecular flexibility index (Phi) is 8.56. The van der Waals surface area contributed by atoms with Crippen LogP contribution in [0, 0.1) is 0 Å². The maximum Gasteiger partial charge on any atom is 0.246 e. The number of amides is 1. The monoisotopic (exact) mass is 339 g/mol. The summed E-state index contributed by atoms with van der Waals surface area (Å²) in [5.74, 6) is 1.08. The van der Waals surface area contributed by atoms with Crippen molar-refractivity contribution >= 4 is 23.6 Å². The largest absolute Gasteiger partial charge is 0.493 e. The van der Waals surface area contributed by atoms with Gasteiger partial charge < -0.3 is 14.4 Å². The summed E-state index contributed by atoms with van der Waals surface area (Å²) in [4.78, 5) is 13.7. The molecule has 0 radical (unpaired) electrons. The van der Waals surface area contributed by atoms with Crippen LogP contribution in [0.15, 0.2) is 18.2 Å². The number of benzene rings is 1. The van der Waals surface area contributed by atoms with E-state index in [-0.39, 0.29) is 5.91 Å². The smallest absolute Gasteiger partial charge is 0.246 e. The van der Waals surface area contributed by atoms with Gasteiger partial charge in [0.1, 0.15) is 0 Å². The van der Waals surface area contributed by atoms with E-state index in [1.165, 1.54) is 0 Å². The Labute approximate surface area is 144 Å². The number of nitrogens with zero attached hydrogens (tertiary/aromatic N) is 1. The zero-order valence-corrected chi connectivity index (χ0v) is 15.2. The molecule has 0 N–H and O–H groups in total. The van der Waals surface area contributed by atoms with Crippen molar-refractivity contribution in [3.63, 3.8) is 0 Å². The fourth-order valence-electron chi connectivity index (χ4n) is 1.98. The maximum absolute atomic E-state index is 12.0. The Morgan fingerprint density at radius 3 is 2.65 bits per heavy atom. The molecule has 1 aromatic rings. The summed E-state index contributed by atoms with van der Waals surface area (Å²) in [6.07, 6.45) is 6.24. The zero-order chi connectivity index (χ0) is 17.2. The van der Waals surface area contributed by atoms with E-state index in [2.05, 4.69) is 6.92 Å². The molecule has 5 heteroatoms. The molecule has 1 amide bonds. The number of hydrogen-bond donors (Lipinski definition) is 0. The minimum atomic E-state index is -0.0279. The third kappa shape index (κ3) is 6.14. The molecule has 0 atom stereocenters. The molecule has 23 heavy (non-hydrogen) atoms. The molecule has 0 saturated heterocycles. The molecule has 4 nitrogen and oxygen atoms in total. The van der Waals surface area contributed by atoms with Crippen LogP contribution in [0.5, 0.6) is 11.5 Å². The first-order chi connectivity index (χ1) is 11.0. The highest BCUT2D eigenvalue weighted by molar-refractivity contribution is 6.32. The summed E-state index contributed by atoms with van der Waals surface area (Å²) in [6.45, 7) is 5.46. The summed E-state index contributed by atoms with van der Waals surface area (Å²) in [6, 6.07) is 3.58. The lowest BCUT2D eigenvalue weighted by atomic mass is 10.1. The Morgan fingerprint density at radius 2 is 2.04 bits per heavy atom. The van der Waals surface area contributed by atoms with Crippen LogP contribution in [-0.2, 0) is 4.79 Å². The molecule has 0 aromatic heterocycles. The molecule has 1 rings (SSSR count). The van der Waals surface area contributed by atoms with Crippen LogP contribution in [0.1, 0.15) is 38.7 Å². The SMILES string of the molecule is CCCCN(C)C(=O)/C=C/c1cc(Cl)c(OCCC)c(OC)c1. The number of carbonyl (C=O) groups excluding carboxylic acids is 1. The number of likely N-dealkylation sites (N-methyl/N-ethyl adjacent to an activating group) is 1. The Morgan fingerprint density at radius 1 is 1.30 bits per heavy atom. The Bertz CT molecular complexity index is 543. The van der Waals surface area contributed by atoms with Crippen molar-refractivity contribution in [1.29, 1.82) is 0 Å². The molecular weight excluding hydrogens is 314 g/mol. The molecule has 0 heterocycles. The van der Waals surface area contributed by atoms with Gasteiger partial charge in [-0.05, 0) is 36.6 Å². The van der Waals surface area contributed by atoms with Crippen molar-refractivity contribution in [2.45, 2.75) is 33.1 Å². The lowest BCUT2D eigenvalue weighted by molar-refractivity contribution is -0.124. The minimum absolute atomic E-state index is 0.0279. The second-order valence-corrected chi connectivity index (χ2v) is 5.74. The van der Waals surface area contributed by atoms with E-state index in [9.17, 15) is 4.79 Å². The number of rotatable bonds is 9. The molecule has 0 fully saturated rings. The normalized spacial score (nSPS) is 10.8. The van der Waals surface area contributed by atoms with E-state index in [1.54, 1.807) is 37.3 Å². The molecule has 0 saturated carbocycles. The van der Waals surface area contributed by atoms with Crippen molar-refractivity contribution in [1.82, 2.24) is 4.90 Å². The first-order valence-corrected chi connectivity index (χ1v) is 8.34. The lowest BCUT2D eigenvalue weighted by Crippen LogP contribution is -2.25. The number of hydrogen-bond acceptors (Lipinski definition) is 3. The minimum Gasteiger partial charge on any atom is -0.493 e. The first-order valence-electron chi connectivity index (χ1n) is 7.96. The van der Waals surface area contributed by atoms with Gasteiger partial charge in [0, 0.05) is 19.7 Å². The van der Waals surface area contributed by atoms with Gasteiger partial charge >= 0.3 is 0 Å². The number of carbonyl (C=O) groups is 1. The second-order valence-electron chi connectivity index (χ2n) is 5.33. The van der Waals surface area contributed by atoms with Crippen molar-refractivity contribution in [2.75, 3.05) is 27.3 Å². The van der Waals surface area contributed by atoms with E-state index in [0.717, 1.165) is 31.4 Å². The number of unbranched alkanes of at least 4 members (excludes halogenated alkanes) is 1. The van der Waals surface area contributed by atoms with E-state index < -0.39 is 0 Å².